The van der Waals surface area contributed by atoms with E-state index in [4.69, 9.17) is 4.74 Å². The number of ether oxygens (including phenoxy) is 1. The van der Waals surface area contributed by atoms with Gasteiger partial charge in [0, 0.05) is 44.8 Å². The topological polar surface area (TPSA) is 59.1 Å². The minimum Gasteiger partial charge on any atom is -0.381 e. The van der Waals surface area contributed by atoms with Crippen LogP contribution in [0.2, 0.25) is 0 Å². The van der Waals surface area contributed by atoms with Crippen molar-refractivity contribution in [2.75, 3.05) is 32.1 Å². The Morgan fingerprint density at radius 3 is 2.56 bits per heavy atom. The fourth-order valence-electron chi connectivity index (χ4n) is 1.46. The third-order valence-corrected chi connectivity index (χ3v) is 2.54. The van der Waals surface area contributed by atoms with Gasteiger partial charge in [0.05, 0.1) is 0 Å². The minimum absolute atomic E-state index is 0.656. The van der Waals surface area contributed by atoms with E-state index in [0.29, 0.717) is 5.95 Å². The molecule has 1 rings (SSSR count). The maximum absolute atomic E-state index is 5.48. The van der Waals surface area contributed by atoms with Gasteiger partial charge in [-0.05, 0) is 19.4 Å². The molecule has 0 aliphatic carbocycles. The van der Waals surface area contributed by atoms with Crippen LogP contribution in [0.3, 0.4) is 0 Å². The highest BCUT2D eigenvalue weighted by atomic mass is 16.5. The quantitative estimate of drug-likeness (QED) is 0.622. The fourth-order valence-corrected chi connectivity index (χ4v) is 1.46. The first-order chi connectivity index (χ1) is 8.86. The van der Waals surface area contributed by atoms with Crippen LogP contribution in [0, 0.1) is 0 Å². The summed E-state index contributed by atoms with van der Waals surface area (Å²) in [5, 5.41) is 6.25. The average molecular weight is 252 g/mol. The zero-order chi connectivity index (χ0) is 13.1. The van der Waals surface area contributed by atoms with Crippen LogP contribution in [0.15, 0.2) is 12.4 Å². The normalized spacial score (nSPS) is 10.6. The van der Waals surface area contributed by atoms with Crippen LogP contribution in [-0.2, 0) is 11.3 Å². The second kappa shape index (κ2) is 9.79. The molecule has 0 aliphatic rings. The Hall–Kier alpha value is -1.20. The van der Waals surface area contributed by atoms with Crippen LogP contribution in [0.25, 0.3) is 0 Å². The third kappa shape index (κ3) is 6.51. The zero-order valence-corrected chi connectivity index (χ0v) is 11.4. The van der Waals surface area contributed by atoms with Crippen molar-refractivity contribution in [3.05, 3.63) is 18.0 Å². The monoisotopic (exact) mass is 252 g/mol. The van der Waals surface area contributed by atoms with E-state index in [0.717, 1.165) is 44.7 Å². The van der Waals surface area contributed by atoms with E-state index in [2.05, 4.69) is 27.5 Å². The summed E-state index contributed by atoms with van der Waals surface area (Å²) in [4.78, 5) is 8.32. The number of unbranched alkanes of at least 4 members (excludes halogenated alkanes) is 1. The molecule has 5 nitrogen and oxygen atoms in total. The number of nitrogens with zero attached hydrogens (tertiary/aromatic N) is 2. The van der Waals surface area contributed by atoms with Gasteiger partial charge in [0.1, 0.15) is 0 Å². The summed E-state index contributed by atoms with van der Waals surface area (Å²) < 4.78 is 5.48. The van der Waals surface area contributed by atoms with Crippen molar-refractivity contribution in [1.29, 1.82) is 0 Å². The van der Waals surface area contributed by atoms with E-state index in [-0.39, 0.29) is 0 Å². The fraction of sp³-hybridized carbons (Fsp3) is 0.692. The van der Waals surface area contributed by atoms with Crippen LogP contribution in [0.1, 0.15) is 31.7 Å². The van der Waals surface area contributed by atoms with Gasteiger partial charge in [0.2, 0.25) is 5.95 Å². The van der Waals surface area contributed by atoms with Gasteiger partial charge in [-0.1, -0.05) is 13.3 Å². The van der Waals surface area contributed by atoms with E-state index in [1.54, 1.807) is 0 Å². The van der Waals surface area contributed by atoms with Gasteiger partial charge >= 0.3 is 0 Å². The molecule has 0 aromatic carbocycles. The van der Waals surface area contributed by atoms with Gasteiger partial charge in [-0.25, -0.2) is 9.97 Å². The highest BCUT2D eigenvalue weighted by Crippen LogP contribution is 1.98. The van der Waals surface area contributed by atoms with E-state index >= 15 is 0 Å². The van der Waals surface area contributed by atoms with Crippen LogP contribution in [-0.4, -0.2) is 36.8 Å². The van der Waals surface area contributed by atoms with Crippen molar-refractivity contribution in [3.63, 3.8) is 0 Å². The first-order valence-electron chi connectivity index (χ1n) is 6.64. The molecule has 1 heterocycles. The largest absolute Gasteiger partial charge is 0.381 e. The smallest absolute Gasteiger partial charge is 0.222 e. The van der Waals surface area contributed by atoms with Crippen molar-refractivity contribution in [2.24, 2.45) is 0 Å². The second-order valence-corrected chi connectivity index (χ2v) is 4.16. The number of hydrogen-bond acceptors (Lipinski definition) is 5. The SMILES string of the molecule is CCCCOCCCNCc1cnc(NC)nc1. The Morgan fingerprint density at radius 1 is 1.17 bits per heavy atom. The number of hydrogen-bond donors (Lipinski definition) is 2. The first-order valence-corrected chi connectivity index (χ1v) is 6.64. The lowest BCUT2D eigenvalue weighted by Crippen LogP contribution is -2.17. The van der Waals surface area contributed by atoms with Crippen molar-refractivity contribution < 1.29 is 4.74 Å². The molecule has 0 atom stereocenters. The summed E-state index contributed by atoms with van der Waals surface area (Å²) in [6.07, 6.45) is 7.07. The third-order valence-electron chi connectivity index (χ3n) is 2.54. The first kappa shape index (κ1) is 14.9. The summed E-state index contributed by atoms with van der Waals surface area (Å²) >= 11 is 0. The van der Waals surface area contributed by atoms with Crippen molar-refractivity contribution in [3.8, 4) is 0 Å². The van der Waals surface area contributed by atoms with Gasteiger partial charge in [0.15, 0.2) is 0 Å². The predicted molar refractivity (Wildman–Crippen MR) is 73.6 cm³/mol. The van der Waals surface area contributed by atoms with Gasteiger partial charge in [0.25, 0.3) is 0 Å². The summed E-state index contributed by atoms with van der Waals surface area (Å²) in [5.41, 5.74) is 1.10. The van der Waals surface area contributed by atoms with E-state index in [9.17, 15) is 0 Å². The van der Waals surface area contributed by atoms with Gasteiger partial charge < -0.3 is 15.4 Å². The molecule has 0 fully saturated rings. The zero-order valence-electron chi connectivity index (χ0n) is 11.4. The predicted octanol–water partition coefficient (Wildman–Crippen LogP) is 1.81. The standard InChI is InChI=1S/C13H24N4O/c1-3-4-7-18-8-5-6-15-9-12-10-16-13(14-2)17-11-12/h10-11,15H,3-9H2,1-2H3,(H,14,16,17). The second-order valence-electron chi connectivity index (χ2n) is 4.16. The van der Waals surface area contributed by atoms with E-state index in [1.165, 1.54) is 6.42 Å². The van der Waals surface area contributed by atoms with Crippen molar-refractivity contribution >= 4 is 5.95 Å². The Bertz CT molecular complexity index is 302. The number of nitrogens with one attached hydrogen (secondary N) is 2. The Labute approximate surface area is 109 Å². The number of aromatic nitrogens is 2. The Kier molecular flexibility index (Phi) is 8.08. The summed E-state index contributed by atoms with van der Waals surface area (Å²) in [7, 11) is 1.81. The molecule has 0 amide bonds. The van der Waals surface area contributed by atoms with Gasteiger partial charge in [-0.3, -0.25) is 0 Å². The summed E-state index contributed by atoms with van der Waals surface area (Å²) in [6.45, 7) is 5.66. The molecule has 0 bridgehead atoms. The molecule has 1 aromatic rings. The summed E-state index contributed by atoms with van der Waals surface area (Å²) in [6, 6.07) is 0. The lowest BCUT2D eigenvalue weighted by Gasteiger charge is -2.06. The number of anilines is 1. The van der Waals surface area contributed by atoms with E-state index < -0.39 is 0 Å². The number of rotatable bonds is 10. The molecule has 0 radical (unpaired) electrons. The van der Waals surface area contributed by atoms with Gasteiger partial charge in [-0.2, -0.15) is 0 Å². The van der Waals surface area contributed by atoms with Crippen molar-refractivity contribution in [2.45, 2.75) is 32.7 Å². The van der Waals surface area contributed by atoms with Crippen LogP contribution >= 0.6 is 0 Å². The molecular weight excluding hydrogens is 228 g/mol. The molecule has 0 saturated carbocycles. The molecule has 2 N–H and O–H groups in total. The molecule has 0 aliphatic heterocycles. The highest BCUT2D eigenvalue weighted by molar-refractivity contribution is 5.22. The van der Waals surface area contributed by atoms with Crippen LogP contribution in [0.5, 0.6) is 0 Å². The lowest BCUT2D eigenvalue weighted by molar-refractivity contribution is 0.129. The highest BCUT2D eigenvalue weighted by Gasteiger charge is 1.95. The van der Waals surface area contributed by atoms with Crippen molar-refractivity contribution in [1.82, 2.24) is 15.3 Å². The lowest BCUT2D eigenvalue weighted by atomic mass is 10.3. The molecule has 102 valence electrons. The van der Waals surface area contributed by atoms with Gasteiger partial charge in [-0.15, -0.1) is 0 Å². The van der Waals surface area contributed by atoms with Crippen LogP contribution in [0.4, 0.5) is 5.95 Å². The Balaban J connectivity index is 2.00. The molecule has 0 spiro atoms. The average Bonchev–Trinajstić information content (AvgIpc) is 2.42. The molecule has 0 unspecified atom stereocenters. The molecule has 1 aromatic heterocycles. The Morgan fingerprint density at radius 2 is 1.89 bits per heavy atom. The maximum atomic E-state index is 5.48. The maximum Gasteiger partial charge on any atom is 0.222 e. The summed E-state index contributed by atoms with van der Waals surface area (Å²) in [5.74, 6) is 0.656. The molecule has 0 saturated heterocycles. The molecule has 18 heavy (non-hydrogen) atoms. The van der Waals surface area contributed by atoms with Crippen LogP contribution < -0.4 is 10.6 Å². The van der Waals surface area contributed by atoms with E-state index in [1.807, 2.05) is 19.4 Å². The molecular formula is C13H24N4O. The molecule has 5 heteroatoms. The minimum atomic E-state index is 0.656.